The number of carbonyl (C=O) groups is 1. The molecule has 2 aromatic carbocycles. The average Bonchev–Trinajstić information content (AvgIpc) is 2.92. The maximum absolute atomic E-state index is 14.4. The van der Waals surface area contributed by atoms with Crippen molar-refractivity contribution in [2.24, 2.45) is 0 Å². The Kier molecular flexibility index (Phi) is 4.69. The second kappa shape index (κ2) is 7.44. The molecule has 0 fully saturated rings. The molecule has 1 aliphatic heterocycles. The Morgan fingerprint density at radius 2 is 1.62 bits per heavy atom. The van der Waals surface area contributed by atoms with Crippen LogP contribution in [-0.4, -0.2) is 39.0 Å². The zero-order chi connectivity index (χ0) is 22.6. The number of aromatic hydroxyl groups is 1. The number of hydrogen-bond acceptors (Lipinski definition) is 5. The number of rotatable bonds is 2. The number of fused-ring (bicyclic) bond motifs is 3. The maximum atomic E-state index is 14.4. The monoisotopic (exact) mass is 438 g/mol. The highest BCUT2D eigenvalue weighted by Crippen LogP contribution is 2.38. The number of hydrogen-bond donors (Lipinski definition) is 1. The summed E-state index contributed by atoms with van der Waals surface area (Å²) in [6.07, 6.45) is 2.19. The number of aromatic nitrogens is 2. The molecule has 7 nitrogen and oxygen atoms in total. The molecule has 2 aliphatic rings. The van der Waals surface area contributed by atoms with E-state index in [2.05, 4.69) is 5.10 Å². The lowest BCUT2D eigenvalue weighted by atomic mass is 9.93. The van der Waals surface area contributed by atoms with E-state index in [0.717, 1.165) is 17.3 Å². The molecule has 1 aromatic heterocycles. The van der Waals surface area contributed by atoms with Gasteiger partial charge in [0.1, 0.15) is 24.5 Å². The van der Waals surface area contributed by atoms with Crippen LogP contribution in [0, 0.1) is 11.6 Å². The molecule has 0 radical (unpaired) electrons. The van der Waals surface area contributed by atoms with Gasteiger partial charge in [0.2, 0.25) is 5.43 Å². The molecule has 0 unspecified atom stereocenters. The van der Waals surface area contributed by atoms with E-state index in [9.17, 15) is 23.5 Å². The number of nitrogens with zero attached hydrogens (tertiary/aromatic N) is 4. The van der Waals surface area contributed by atoms with Gasteiger partial charge in [0.15, 0.2) is 11.4 Å². The molecule has 0 saturated heterocycles. The van der Waals surface area contributed by atoms with Gasteiger partial charge in [-0.3, -0.25) is 14.6 Å². The first-order valence-corrected chi connectivity index (χ1v) is 10.3. The third-order valence-electron chi connectivity index (χ3n) is 6.14. The average molecular weight is 438 g/mol. The Labute approximate surface area is 182 Å². The summed E-state index contributed by atoms with van der Waals surface area (Å²) in [5.74, 6) is -2.13. The second-order valence-electron chi connectivity index (χ2n) is 7.93. The number of aryl methyl sites for hydroxylation is 2. The van der Waals surface area contributed by atoms with Gasteiger partial charge in [-0.2, -0.15) is 9.89 Å². The molecule has 32 heavy (non-hydrogen) atoms. The smallest absolute Gasteiger partial charge is 0.279 e. The van der Waals surface area contributed by atoms with Gasteiger partial charge in [-0.1, -0.05) is 12.1 Å². The molecule has 0 saturated carbocycles. The van der Waals surface area contributed by atoms with Gasteiger partial charge in [0.25, 0.3) is 5.91 Å². The van der Waals surface area contributed by atoms with Crippen LogP contribution in [0.2, 0.25) is 0 Å². The fourth-order valence-electron chi connectivity index (χ4n) is 4.56. The molecule has 0 bridgehead atoms. The van der Waals surface area contributed by atoms with E-state index in [1.54, 1.807) is 24.1 Å². The zero-order valence-corrected chi connectivity index (χ0v) is 17.3. The molecule has 9 heteroatoms. The highest BCUT2D eigenvalue weighted by molar-refractivity contribution is 5.95. The Morgan fingerprint density at radius 3 is 2.19 bits per heavy atom. The lowest BCUT2D eigenvalue weighted by Gasteiger charge is -2.42. The van der Waals surface area contributed by atoms with Gasteiger partial charge in [-0.25, -0.2) is 8.78 Å². The summed E-state index contributed by atoms with van der Waals surface area (Å²) in [5.41, 5.74) is 1.96. The van der Waals surface area contributed by atoms with Gasteiger partial charge in [0.05, 0.1) is 6.04 Å². The molecule has 3 aromatic rings. The van der Waals surface area contributed by atoms with Gasteiger partial charge in [-0.15, -0.1) is 0 Å². The standard InChI is InChI=1S/C23H20F2N4O3/c1-2-27-12-28(29-21(23(27)32)22(31)19(30)11-26-29)20-17-9-15(24)7-5-13(17)3-4-14-6-8-16(25)10-18(14)20/h5-11,20,31H,2-4,12H2,1H3. The van der Waals surface area contributed by atoms with Crippen molar-refractivity contribution in [3.05, 3.63) is 92.4 Å². The molecule has 0 atom stereocenters. The molecule has 2 heterocycles. The molecule has 1 N–H and O–H groups in total. The minimum atomic E-state index is -0.777. The first-order chi connectivity index (χ1) is 15.4. The van der Waals surface area contributed by atoms with E-state index in [0.29, 0.717) is 30.5 Å². The second-order valence-corrected chi connectivity index (χ2v) is 7.93. The van der Waals surface area contributed by atoms with Crippen LogP contribution in [0.15, 0.2) is 47.4 Å². The van der Waals surface area contributed by atoms with Crippen molar-refractivity contribution in [2.75, 3.05) is 18.2 Å². The fourth-order valence-corrected chi connectivity index (χ4v) is 4.56. The minimum absolute atomic E-state index is 0.0498. The van der Waals surface area contributed by atoms with Crippen LogP contribution in [0.5, 0.6) is 5.75 Å². The van der Waals surface area contributed by atoms with Crippen LogP contribution in [0.25, 0.3) is 0 Å². The maximum Gasteiger partial charge on any atom is 0.279 e. The van der Waals surface area contributed by atoms with Crippen molar-refractivity contribution in [1.29, 1.82) is 0 Å². The summed E-state index contributed by atoms with van der Waals surface area (Å²) in [4.78, 5) is 27.6. The van der Waals surface area contributed by atoms with Crippen molar-refractivity contribution in [2.45, 2.75) is 25.8 Å². The predicted octanol–water partition coefficient (Wildman–Crippen LogP) is 2.49. The summed E-state index contributed by atoms with van der Waals surface area (Å²) in [5, 5.41) is 16.2. The Hall–Kier alpha value is -3.75. The number of halogens is 2. The van der Waals surface area contributed by atoms with E-state index < -0.39 is 34.8 Å². The SMILES string of the molecule is CCN1CN(C2c3cc(F)ccc3CCc3ccc(F)cc32)n2ncc(=O)c(O)c2C1=O. The van der Waals surface area contributed by atoms with Crippen molar-refractivity contribution in [3.8, 4) is 5.75 Å². The third-order valence-corrected chi connectivity index (χ3v) is 6.14. The van der Waals surface area contributed by atoms with E-state index >= 15 is 0 Å². The summed E-state index contributed by atoms with van der Waals surface area (Å²) in [6.45, 7) is 2.12. The third kappa shape index (κ3) is 3.04. The highest BCUT2D eigenvalue weighted by atomic mass is 19.1. The van der Waals surface area contributed by atoms with Gasteiger partial charge < -0.3 is 10.0 Å². The summed E-state index contributed by atoms with van der Waals surface area (Å²) in [7, 11) is 0. The fraction of sp³-hybridized carbons (Fsp3) is 0.261. The van der Waals surface area contributed by atoms with Crippen molar-refractivity contribution in [1.82, 2.24) is 14.8 Å². The highest BCUT2D eigenvalue weighted by Gasteiger charge is 2.39. The van der Waals surface area contributed by atoms with Crippen LogP contribution in [-0.2, 0) is 12.8 Å². The largest absolute Gasteiger partial charge is 0.502 e. The van der Waals surface area contributed by atoms with Crippen molar-refractivity contribution >= 4 is 5.91 Å². The van der Waals surface area contributed by atoms with Gasteiger partial charge >= 0.3 is 0 Å². The number of amides is 1. The molecular formula is C23H20F2N4O3. The van der Waals surface area contributed by atoms with E-state index in [1.807, 2.05) is 0 Å². The molecule has 5 rings (SSSR count). The van der Waals surface area contributed by atoms with Gasteiger partial charge in [-0.05, 0) is 66.3 Å². The van der Waals surface area contributed by atoms with Crippen molar-refractivity contribution in [3.63, 3.8) is 0 Å². The first kappa shape index (κ1) is 20.2. The van der Waals surface area contributed by atoms with Crippen LogP contribution in [0.3, 0.4) is 0 Å². The summed E-state index contributed by atoms with van der Waals surface area (Å²) < 4.78 is 28.8. The zero-order valence-electron chi connectivity index (χ0n) is 17.3. The predicted molar refractivity (Wildman–Crippen MR) is 112 cm³/mol. The van der Waals surface area contributed by atoms with Crippen LogP contribution in [0.1, 0.15) is 45.7 Å². The lowest BCUT2D eigenvalue weighted by Crippen LogP contribution is -2.56. The topological polar surface area (TPSA) is 78.7 Å². The molecular weight excluding hydrogens is 418 g/mol. The Morgan fingerprint density at radius 1 is 1.03 bits per heavy atom. The summed E-state index contributed by atoms with van der Waals surface area (Å²) in [6, 6.07) is 8.32. The van der Waals surface area contributed by atoms with Crippen LogP contribution >= 0.6 is 0 Å². The van der Waals surface area contributed by atoms with E-state index in [1.165, 1.54) is 34.0 Å². The molecule has 164 valence electrons. The quantitative estimate of drug-likeness (QED) is 0.665. The Bertz CT molecular complexity index is 1250. The minimum Gasteiger partial charge on any atom is -0.502 e. The van der Waals surface area contributed by atoms with Crippen LogP contribution in [0.4, 0.5) is 8.78 Å². The summed E-state index contributed by atoms with van der Waals surface area (Å²) >= 11 is 0. The first-order valence-electron chi connectivity index (χ1n) is 10.3. The number of carbonyl (C=O) groups excluding carboxylic acids is 1. The normalized spacial score (nSPS) is 15.8. The van der Waals surface area contributed by atoms with Crippen molar-refractivity contribution < 1.29 is 18.7 Å². The molecule has 0 spiro atoms. The van der Waals surface area contributed by atoms with Gasteiger partial charge in [0, 0.05) is 6.54 Å². The van der Waals surface area contributed by atoms with E-state index in [-0.39, 0.29) is 12.4 Å². The number of benzene rings is 2. The van der Waals surface area contributed by atoms with Crippen LogP contribution < -0.4 is 10.4 Å². The molecule has 1 aliphatic carbocycles. The lowest BCUT2D eigenvalue weighted by molar-refractivity contribution is 0.0678. The Balaban J connectivity index is 1.81. The van der Waals surface area contributed by atoms with E-state index in [4.69, 9.17) is 0 Å². The molecule has 1 amide bonds.